The summed E-state index contributed by atoms with van der Waals surface area (Å²) in [6.07, 6.45) is 0.496. The molecule has 1 saturated heterocycles. The lowest BCUT2D eigenvalue weighted by Gasteiger charge is -2.29. The number of carbonyl (C=O) groups is 1. The minimum atomic E-state index is -3.06. The molecule has 1 aliphatic heterocycles. The van der Waals surface area contributed by atoms with Gasteiger partial charge in [-0.15, -0.1) is 0 Å². The van der Waals surface area contributed by atoms with Gasteiger partial charge in [0.05, 0.1) is 18.6 Å². The van der Waals surface area contributed by atoms with E-state index in [-0.39, 0.29) is 23.5 Å². The summed E-state index contributed by atoms with van der Waals surface area (Å²) in [5.41, 5.74) is 1.32. The third-order valence-electron chi connectivity index (χ3n) is 4.76. The zero-order valence-electron chi connectivity index (χ0n) is 15.4. The number of aromatic nitrogens is 1. The number of likely N-dealkylation sites (N-methyl/N-ethyl adjacent to an activating group) is 1. The molecule has 142 valence electrons. The summed E-state index contributed by atoms with van der Waals surface area (Å²) in [4.78, 5) is 20.0. The van der Waals surface area contributed by atoms with Gasteiger partial charge in [-0.05, 0) is 44.8 Å². The molecule has 7 nitrogen and oxygen atoms in total. The van der Waals surface area contributed by atoms with Crippen LogP contribution in [0.2, 0.25) is 0 Å². The van der Waals surface area contributed by atoms with E-state index in [2.05, 4.69) is 4.98 Å². The molecule has 2 aromatic rings. The van der Waals surface area contributed by atoms with Crippen molar-refractivity contribution in [3.8, 4) is 5.75 Å². The summed E-state index contributed by atoms with van der Waals surface area (Å²) in [6, 6.07) is 7.10. The van der Waals surface area contributed by atoms with Crippen molar-refractivity contribution in [2.75, 3.05) is 45.8 Å². The van der Waals surface area contributed by atoms with Gasteiger partial charge in [0, 0.05) is 30.0 Å². The number of nitrogens with one attached hydrogen (secondary N) is 1. The lowest BCUT2D eigenvalue weighted by atomic mass is 10.2. The molecule has 0 saturated carbocycles. The van der Waals surface area contributed by atoms with Gasteiger partial charge in [-0.2, -0.15) is 0 Å². The standard InChI is InChI=1S/C18H25N3O4S/c1-20(2)7-8-21(14-6-9-26(23,24)12-14)18(22)17-11-13-10-15(25-3)4-5-16(13)19-17/h4-5,10-11,14,19H,6-9,12H2,1-3H3. The van der Waals surface area contributed by atoms with E-state index in [1.807, 2.05) is 37.2 Å². The second-order valence-corrected chi connectivity index (χ2v) is 9.22. The Morgan fingerprint density at radius 1 is 1.27 bits per heavy atom. The fraction of sp³-hybridized carbons (Fsp3) is 0.500. The van der Waals surface area contributed by atoms with Gasteiger partial charge in [-0.3, -0.25) is 4.79 Å². The van der Waals surface area contributed by atoms with Crippen LogP contribution in [0, 0.1) is 0 Å². The second-order valence-electron chi connectivity index (χ2n) is 6.99. The van der Waals surface area contributed by atoms with E-state index in [0.717, 1.165) is 16.7 Å². The molecular formula is C18H25N3O4S. The van der Waals surface area contributed by atoms with Crippen LogP contribution in [0.4, 0.5) is 0 Å². The average molecular weight is 379 g/mol. The highest BCUT2D eigenvalue weighted by atomic mass is 32.2. The van der Waals surface area contributed by atoms with Crippen LogP contribution < -0.4 is 4.74 Å². The summed E-state index contributed by atoms with van der Waals surface area (Å²) in [6.45, 7) is 1.17. The molecule has 3 rings (SSSR count). The molecule has 1 N–H and O–H groups in total. The van der Waals surface area contributed by atoms with Crippen molar-refractivity contribution >= 4 is 26.6 Å². The van der Waals surface area contributed by atoms with Crippen molar-refractivity contribution in [2.24, 2.45) is 0 Å². The number of nitrogens with zero attached hydrogens (tertiary/aromatic N) is 2. The molecule has 1 aromatic heterocycles. The van der Waals surface area contributed by atoms with Gasteiger partial charge in [0.1, 0.15) is 11.4 Å². The van der Waals surface area contributed by atoms with E-state index in [9.17, 15) is 13.2 Å². The first-order valence-corrected chi connectivity index (χ1v) is 10.4. The summed E-state index contributed by atoms with van der Waals surface area (Å²) < 4.78 is 29.0. The summed E-state index contributed by atoms with van der Waals surface area (Å²) in [5, 5.41) is 0.888. The maximum Gasteiger partial charge on any atom is 0.270 e. The van der Waals surface area contributed by atoms with Crippen LogP contribution in [-0.4, -0.2) is 81.0 Å². The Morgan fingerprint density at radius 2 is 2.04 bits per heavy atom. The predicted molar refractivity (Wildman–Crippen MR) is 102 cm³/mol. The molecule has 0 bridgehead atoms. The quantitative estimate of drug-likeness (QED) is 0.820. The largest absolute Gasteiger partial charge is 0.497 e. The summed E-state index contributed by atoms with van der Waals surface area (Å²) >= 11 is 0. The lowest BCUT2D eigenvalue weighted by Crippen LogP contribution is -2.44. The van der Waals surface area contributed by atoms with Gasteiger partial charge in [0.2, 0.25) is 0 Å². The number of carbonyl (C=O) groups excluding carboxylic acids is 1. The summed E-state index contributed by atoms with van der Waals surface area (Å²) in [7, 11) is 2.41. The highest BCUT2D eigenvalue weighted by molar-refractivity contribution is 7.91. The van der Waals surface area contributed by atoms with E-state index in [4.69, 9.17) is 4.74 Å². The van der Waals surface area contributed by atoms with Gasteiger partial charge in [-0.1, -0.05) is 0 Å². The number of amides is 1. The van der Waals surface area contributed by atoms with Crippen LogP contribution in [-0.2, 0) is 9.84 Å². The molecule has 1 aromatic carbocycles. The highest BCUT2D eigenvalue weighted by Crippen LogP contribution is 2.24. The van der Waals surface area contributed by atoms with Crippen molar-refractivity contribution < 1.29 is 17.9 Å². The van der Waals surface area contributed by atoms with Crippen molar-refractivity contribution in [2.45, 2.75) is 12.5 Å². The second kappa shape index (κ2) is 7.28. The fourth-order valence-corrected chi connectivity index (χ4v) is 5.02. The number of H-pyrrole nitrogens is 1. The molecule has 1 amide bonds. The minimum absolute atomic E-state index is 0.0419. The Morgan fingerprint density at radius 3 is 2.65 bits per heavy atom. The van der Waals surface area contributed by atoms with Gasteiger partial charge in [0.25, 0.3) is 5.91 Å². The molecular weight excluding hydrogens is 354 g/mol. The number of rotatable bonds is 6. The van der Waals surface area contributed by atoms with Crippen LogP contribution in [0.25, 0.3) is 10.9 Å². The zero-order chi connectivity index (χ0) is 18.9. The molecule has 1 aliphatic rings. The van der Waals surface area contributed by atoms with Crippen LogP contribution in [0.15, 0.2) is 24.3 Å². The molecule has 1 fully saturated rings. The predicted octanol–water partition coefficient (Wildman–Crippen LogP) is 1.37. The zero-order valence-corrected chi connectivity index (χ0v) is 16.2. The van der Waals surface area contributed by atoms with E-state index < -0.39 is 9.84 Å². The van der Waals surface area contributed by atoms with E-state index >= 15 is 0 Å². The lowest BCUT2D eigenvalue weighted by molar-refractivity contribution is 0.0678. The first kappa shape index (κ1) is 18.7. The topological polar surface area (TPSA) is 82.7 Å². The van der Waals surface area contributed by atoms with Crippen molar-refractivity contribution in [1.29, 1.82) is 0 Å². The molecule has 1 atom stereocenters. The Labute approximate surface area is 153 Å². The van der Waals surface area contributed by atoms with Gasteiger partial charge >= 0.3 is 0 Å². The Bertz CT molecular complexity index is 904. The van der Waals surface area contributed by atoms with E-state index in [0.29, 0.717) is 25.2 Å². The molecule has 8 heteroatoms. The maximum atomic E-state index is 13.1. The Kier molecular flexibility index (Phi) is 5.24. The smallest absolute Gasteiger partial charge is 0.270 e. The molecule has 0 radical (unpaired) electrons. The first-order valence-electron chi connectivity index (χ1n) is 8.62. The molecule has 2 heterocycles. The minimum Gasteiger partial charge on any atom is -0.497 e. The number of fused-ring (bicyclic) bond motifs is 1. The number of methoxy groups -OCH3 is 1. The first-order chi connectivity index (χ1) is 12.3. The Hall–Kier alpha value is -2.06. The molecule has 1 unspecified atom stereocenters. The van der Waals surface area contributed by atoms with Gasteiger partial charge in [-0.25, -0.2) is 8.42 Å². The van der Waals surface area contributed by atoms with Gasteiger partial charge in [0.15, 0.2) is 9.84 Å². The van der Waals surface area contributed by atoms with E-state index in [1.54, 1.807) is 18.1 Å². The number of aromatic amines is 1. The van der Waals surface area contributed by atoms with Crippen molar-refractivity contribution in [3.05, 3.63) is 30.0 Å². The SMILES string of the molecule is COc1ccc2[nH]c(C(=O)N(CCN(C)C)C3CCS(=O)(=O)C3)cc2c1. The summed E-state index contributed by atoms with van der Waals surface area (Å²) in [5.74, 6) is 0.749. The van der Waals surface area contributed by atoms with Crippen LogP contribution >= 0.6 is 0 Å². The monoisotopic (exact) mass is 379 g/mol. The van der Waals surface area contributed by atoms with Gasteiger partial charge < -0.3 is 19.5 Å². The average Bonchev–Trinajstić information content (AvgIpc) is 3.16. The Balaban J connectivity index is 1.88. The van der Waals surface area contributed by atoms with Crippen LogP contribution in [0.3, 0.4) is 0 Å². The molecule has 26 heavy (non-hydrogen) atoms. The fourth-order valence-electron chi connectivity index (χ4n) is 3.29. The van der Waals surface area contributed by atoms with E-state index in [1.165, 1.54) is 0 Å². The van der Waals surface area contributed by atoms with Crippen molar-refractivity contribution in [3.63, 3.8) is 0 Å². The number of hydrogen-bond acceptors (Lipinski definition) is 5. The maximum absolute atomic E-state index is 13.1. The van der Waals surface area contributed by atoms with Crippen LogP contribution in [0.1, 0.15) is 16.9 Å². The third-order valence-corrected chi connectivity index (χ3v) is 6.51. The number of ether oxygens (including phenoxy) is 1. The van der Waals surface area contributed by atoms with Crippen LogP contribution in [0.5, 0.6) is 5.75 Å². The van der Waals surface area contributed by atoms with Crippen molar-refractivity contribution in [1.82, 2.24) is 14.8 Å². The third kappa shape index (κ3) is 4.02. The highest BCUT2D eigenvalue weighted by Gasteiger charge is 2.35. The normalized spacial score (nSPS) is 19.2. The number of sulfone groups is 1. The molecule has 0 spiro atoms. The molecule has 0 aliphatic carbocycles. The number of benzene rings is 1. The number of hydrogen-bond donors (Lipinski definition) is 1.